The number of benzene rings is 1. The number of hydrogen-bond acceptors (Lipinski definition) is 3. The van der Waals surface area contributed by atoms with Crippen LogP contribution in [0, 0.1) is 0 Å². The van der Waals surface area contributed by atoms with Crippen molar-refractivity contribution < 1.29 is 9.59 Å². The SMILES string of the molecule is CC(=O)NCc1ccc(Cc2cc(CCCC=O)ccn2)cc1. The Morgan fingerprint density at radius 2 is 1.87 bits per heavy atom. The number of aldehydes is 1. The molecule has 0 aliphatic carbocycles. The number of amides is 1. The van der Waals surface area contributed by atoms with E-state index in [-0.39, 0.29) is 5.91 Å². The molecule has 0 unspecified atom stereocenters. The van der Waals surface area contributed by atoms with Crippen molar-refractivity contribution in [2.75, 3.05) is 0 Å². The van der Waals surface area contributed by atoms with Gasteiger partial charge in [-0.15, -0.1) is 0 Å². The molecule has 1 heterocycles. The molecule has 0 spiro atoms. The fraction of sp³-hybridized carbons (Fsp3) is 0.316. The Labute approximate surface area is 137 Å². The number of nitrogens with one attached hydrogen (secondary N) is 1. The van der Waals surface area contributed by atoms with Gasteiger partial charge in [0.05, 0.1) is 0 Å². The second-order valence-corrected chi connectivity index (χ2v) is 5.62. The van der Waals surface area contributed by atoms with Crippen molar-refractivity contribution in [1.29, 1.82) is 0 Å². The number of aromatic nitrogens is 1. The fourth-order valence-corrected chi connectivity index (χ4v) is 2.38. The molecule has 2 rings (SSSR count). The Kier molecular flexibility index (Phi) is 6.48. The standard InChI is InChI=1S/C19H22N2O2/c1-15(23)21-14-18-7-5-17(6-8-18)13-19-12-16(9-10-20-19)4-2-3-11-22/h5-12H,2-4,13-14H2,1H3,(H,21,23). The third kappa shape index (κ3) is 6.02. The molecule has 0 radical (unpaired) electrons. The Balaban J connectivity index is 1.94. The van der Waals surface area contributed by atoms with Crippen molar-refractivity contribution >= 4 is 12.2 Å². The highest BCUT2D eigenvalue weighted by Gasteiger charge is 2.01. The number of nitrogens with zero attached hydrogens (tertiary/aromatic N) is 1. The number of unbranched alkanes of at least 4 members (excludes halogenated alkanes) is 1. The predicted molar refractivity (Wildman–Crippen MR) is 90.0 cm³/mol. The Morgan fingerprint density at radius 1 is 1.13 bits per heavy atom. The number of carbonyl (C=O) groups excluding carboxylic acids is 2. The summed E-state index contributed by atoms with van der Waals surface area (Å²) in [6.45, 7) is 2.07. The molecular weight excluding hydrogens is 288 g/mol. The molecule has 2 aromatic rings. The average Bonchev–Trinajstić information content (AvgIpc) is 2.55. The zero-order valence-corrected chi connectivity index (χ0v) is 13.4. The largest absolute Gasteiger partial charge is 0.352 e. The highest BCUT2D eigenvalue weighted by Crippen LogP contribution is 2.12. The summed E-state index contributed by atoms with van der Waals surface area (Å²) in [5, 5.41) is 2.79. The second-order valence-electron chi connectivity index (χ2n) is 5.62. The number of carbonyl (C=O) groups is 2. The van der Waals surface area contributed by atoms with E-state index in [0.29, 0.717) is 13.0 Å². The summed E-state index contributed by atoms with van der Waals surface area (Å²) in [4.78, 5) is 25.7. The van der Waals surface area contributed by atoms with Gasteiger partial charge in [0.1, 0.15) is 6.29 Å². The Morgan fingerprint density at radius 3 is 2.57 bits per heavy atom. The van der Waals surface area contributed by atoms with Crippen LogP contribution in [-0.2, 0) is 29.0 Å². The normalized spacial score (nSPS) is 10.3. The van der Waals surface area contributed by atoms with Crippen molar-refractivity contribution in [2.45, 2.75) is 39.2 Å². The van der Waals surface area contributed by atoms with Gasteiger partial charge in [0.25, 0.3) is 0 Å². The maximum absolute atomic E-state index is 10.9. The minimum absolute atomic E-state index is 0.0235. The number of aryl methyl sites for hydroxylation is 1. The molecule has 0 bridgehead atoms. The molecule has 1 amide bonds. The summed E-state index contributed by atoms with van der Waals surface area (Å²) in [6.07, 6.45) is 5.96. The smallest absolute Gasteiger partial charge is 0.217 e. The van der Waals surface area contributed by atoms with Gasteiger partial charge in [0.15, 0.2) is 0 Å². The highest BCUT2D eigenvalue weighted by molar-refractivity contribution is 5.72. The van der Waals surface area contributed by atoms with Gasteiger partial charge in [-0.1, -0.05) is 24.3 Å². The summed E-state index contributed by atoms with van der Waals surface area (Å²) in [5.41, 5.74) is 4.52. The van der Waals surface area contributed by atoms with E-state index in [9.17, 15) is 9.59 Å². The van der Waals surface area contributed by atoms with Crippen LogP contribution in [0.2, 0.25) is 0 Å². The summed E-state index contributed by atoms with van der Waals surface area (Å²) >= 11 is 0. The molecule has 1 N–H and O–H groups in total. The zero-order valence-electron chi connectivity index (χ0n) is 13.4. The van der Waals surface area contributed by atoms with E-state index in [0.717, 1.165) is 36.8 Å². The van der Waals surface area contributed by atoms with Gasteiger partial charge in [-0.3, -0.25) is 9.78 Å². The molecule has 120 valence electrons. The molecule has 0 aliphatic heterocycles. The van der Waals surface area contributed by atoms with E-state index in [1.807, 2.05) is 24.4 Å². The van der Waals surface area contributed by atoms with Crippen LogP contribution in [0.3, 0.4) is 0 Å². The van der Waals surface area contributed by atoms with Crippen molar-refractivity contribution in [3.05, 3.63) is 65.0 Å². The topological polar surface area (TPSA) is 59.1 Å². The molecule has 0 saturated heterocycles. The van der Waals surface area contributed by atoms with Crippen molar-refractivity contribution in [2.24, 2.45) is 0 Å². The van der Waals surface area contributed by atoms with E-state index in [1.54, 1.807) is 0 Å². The van der Waals surface area contributed by atoms with Crippen molar-refractivity contribution in [1.82, 2.24) is 10.3 Å². The molecule has 4 nitrogen and oxygen atoms in total. The van der Waals surface area contributed by atoms with Crippen LogP contribution < -0.4 is 5.32 Å². The van der Waals surface area contributed by atoms with Gasteiger partial charge in [0.2, 0.25) is 5.91 Å². The third-order valence-corrected chi connectivity index (χ3v) is 3.62. The van der Waals surface area contributed by atoms with E-state index in [2.05, 4.69) is 28.5 Å². The molecule has 1 aromatic heterocycles. The van der Waals surface area contributed by atoms with Crippen LogP contribution in [0.4, 0.5) is 0 Å². The van der Waals surface area contributed by atoms with Crippen molar-refractivity contribution in [3.8, 4) is 0 Å². The van der Waals surface area contributed by atoms with Gasteiger partial charge in [-0.2, -0.15) is 0 Å². The lowest BCUT2D eigenvalue weighted by Crippen LogP contribution is -2.18. The third-order valence-electron chi connectivity index (χ3n) is 3.62. The van der Waals surface area contributed by atoms with Gasteiger partial charge < -0.3 is 10.1 Å². The number of rotatable bonds is 8. The first kappa shape index (κ1) is 16.9. The minimum Gasteiger partial charge on any atom is -0.352 e. The molecule has 0 aliphatic rings. The molecule has 0 saturated carbocycles. The molecule has 4 heteroatoms. The molecule has 1 aromatic carbocycles. The summed E-state index contributed by atoms with van der Waals surface area (Å²) in [5.74, 6) is -0.0235. The van der Waals surface area contributed by atoms with Crippen LogP contribution in [-0.4, -0.2) is 17.2 Å². The average molecular weight is 310 g/mol. The molecule has 0 atom stereocenters. The first-order valence-corrected chi connectivity index (χ1v) is 7.87. The van der Waals surface area contributed by atoms with Crippen LogP contribution >= 0.6 is 0 Å². The molecular formula is C19H22N2O2. The lowest BCUT2D eigenvalue weighted by Gasteiger charge is -2.06. The van der Waals surface area contributed by atoms with Crippen LogP contribution in [0.25, 0.3) is 0 Å². The number of pyridine rings is 1. The van der Waals surface area contributed by atoms with Crippen LogP contribution in [0.1, 0.15) is 42.1 Å². The number of hydrogen-bond donors (Lipinski definition) is 1. The quantitative estimate of drug-likeness (QED) is 0.602. The lowest BCUT2D eigenvalue weighted by atomic mass is 10.0. The monoisotopic (exact) mass is 310 g/mol. The van der Waals surface area contributed by atoms with E-state index in [4.69, 9.17) is 0 Å². The first-order valence-electron chi connectivity index (χ1n) is 7.87. The maximum atomic E-state index is 10.9. The highest BCUT2D eigenvalue weighted by atomic mass is 16.1. The minimum atomic E-state index is -0.0235. The van der Waals surface area contributed by atoms with E-state index < -0.39 is 0 Å². The zero-order chi connectivity index (χ0) is 16.5. The predicted octanol–water partition coefficient (Wildman–Crippen LogP) is 2.83. The Hall–Kier alpha value is -2.49. The first-order chi connectivity index (χ1) is 11.2. The van der Waals surface area contributed by atoms with Gasteiger partial charge >= 0.3 is 0 Å². The van der Waals surface area contributed by atoms with Crippen molar-refractivity contribution in [3.63, 3.8) is 0 Å². The van der Waals surface area contributed by atoms with E-state index >= 15 is 0 Å². The molecule has 0 fully saturated rings. The summed E-state index contributed by atoms with van der Waals surface area (Å²) < 4.78 is 0. The van der Waals surface area contributed by atoms with Gasteiger partial charge in [-0.25, -0.2) is 0 Å². The second kappa shape index (κ2) is 8.83. The maximum Gasteiger partial charge on any atom is 0.217 e. The van der Waals surface area contributed by atoms with Crippen LogP contribution in [0.5, 0.6) is 0 Å². The van der Waals surface area contributed by atoms with Crippen LogP contribution in [0.15, 0.2) is 42.6 Å². The summed E-state index contributed by atoms with van der Waals surface area (Å²) in [7, 11) is 0. The fourth-order valence-electron chi connectivity index (χ4n) is 2.38. The lowest BCUT2D eigenvalue weighted by molar-refractivity contribution is -0.119. The summed E-state index contributed by atoms with van der Waals surface area (Å²) in [6, 6.07) is 12.3. The van der Waals surface area contributed by atoms with E-state index in [1.165, 1.54) is 18.1 Å². The van der Waals surface area contributed by atoms with Gasteiger partial charge in [0, 0.05) is 38.2 Å². The molecule has 23 heavy (non-hydrogen) atoms. The van der Waals surface area contributed by atoms with Gasteiger partial charge in [-0.05, 0) is 41.7 Å². The Bertz CT molecular complexity index is 651.